The molecule has 0 aromatic carbocycles. The highest BCUT2D eigenvalue weighted by atomic mass is 35.5. The molecule has 94 valence electrons. The molecule has 0 aliphatic carbocycles. The topological polar surface area (TPSA) is 77.2 Å². The van der Waals surface area contributed by atoms with Gasteiger partial charge in [0.25, 0.3) is 0 Å². The molecule has 0 saturated heterocycles. The minimum absolute atomic E-state index is 0.0597. The maximum atomic E-state index is 11.6. The summed E-state index contributed by atoms with van der Waals surface area (Å²) in [5.41, 5.74) is 6.13. The van der Waals surface area contributed by atoms with Gasteiger partial charge >= 0.3 is 5.97 Å². The highest BCUT2D eigenvalue weighted by Gasteiger charge is 2.23. The molecule has 0 fully saturated rings. The summed E-state index contributed by atoms with van der Waals surface area (Å²) in [6.07, 6.45) is 0. The number of carbonyl (C=O) groups excluding carboxylic acids is 1. The number of rotatable bonds is 4. The standard InChI is InChI=1S/C11H16ClN3O2/c1-6(2)10(11(16)17-3)15-9-5-7(13)4-8(12)14-9/h4-6,10H,1-3H3,(H3,13,14,15). The quantitative estimate of drug-likeness (QED) is 0.637. The average Bonchev–Trinajstić information content (AvgIpc) is 2.23. The molecule has 6 heteroatoms. The Labute approximate surface area is 105 Å². The number of aromatic nitrogens is 1. The number of hydrogen-bond donors (Lipinski definition) is 2. The zero-order valence-corrected chi connectivity index (χ0v) is 10.8. The van der Waals surface area contributed by atoms with Gasteiger partial charge in [0.05, 0.1) is 7.11 Å². The summed E-state index contributed by atoms with van der Waals surface area (Å²) < 4.78 is 4.71. The molecule has 17 heavy (non-hydrogen) atoms. The number of hydrogen-bond acceptors (Lipinski definition) is 5. The molecule has 0 radical (unpaired) electrons. The lowest BCUT2D eigenvalue weighted by atomic mass is 10.0. The third kappa shape index (κ3) is 3.78. The summed E-state index contributed by atoms with van der Waals surface area (Å²) in [6, 6.07) is 2.67. The number of anilines is 2. The van der Waals surface area contributed by atoms with E-state index in [2.05, 4.69) is 10.3 Å². The molecule has 5 nitrogen and oxygen atoms in total. The number of carbonyl (C=O) groups is 1. The summed E-state index contributed by atoms with van der Waals surface area (Å²) in [7, 11) is 1.35. The van der Waals surface area contributed by atoms with Crippen molar-refractivity contribution in [3.8, 4) is 0 Å². The van der Waals surface area contributed by atoms with Crippen molar-refractivity contribution in [2.24, 2.45) is 5.92 Å². The number of nitrogens with zero attached hydrogens (tertiary/aromatic N) is 1. The molecule has 3 N–H and O–H groups in total. The van der Waals surface area contributed by atoms with E-state index in [1.165, 1.54) is 13.2 Å². The van der Waals surface area contributed by atoms with Crippen molar-refractivity contribution in [2.75, 3.05) is 18.2 Å². The van der Waals surface area contributed by atoms with E-state index in [-0.39, 0.29) is 17.0 Å². The summed E-state index contributed by atoms with van der Waals surface area (Å²) in [5.74, 6) is 0.170. The molecule has 0 aliphatic heterocycles. The van der Waals surface area contributed by atoms with Crippen LogP contribution in [-0.4, -0.2) is 24.1 Å². The predicted octanol–water partition coefficient (Wildman–Crippen LogP) is 1.93. The Kier molecular flexibility index (Phi) is 4.57. The van der Waals surface area contributed by atoms with Crippen molar-refractivity contribution < 1.29 is 9.53 Å². The van der Waals surface area contributed by atoms with Crippen LogP contribution >= 0.6 is 11.6 Å². The molecule has 0 bridgehead atoms. The maximum absolute atomic E-state index is 11.6. The Bertz CT molecular complexity index is 389. The van der Waals surface area contributed by atoms with E-state index >= 15 is 0 Å². The van der Waals surface area contributed by atoms with Gasteiger partial charge in [-0.1, -0.05) is 25.4 Å². The molecule has 1 heterocycles. The zero-order valence-electron chi connectivity index (χ0n) is 10.0. The van der Waals surface area contributed by atoms with Crippen molar-refractivity contribution >= 4 is 29.1 Å². The van der Waals surface area contributed by atoms with Crippen LogP contribution in [0.5, 0.6) is 0 Å². The van der Waals surface area contributed by atoms with E-state index < -0.39 is 6.04 Å². The molecular weight excluding hydrogens is 242 g/mol. The highest BCUT2D eigenvalue weighted by Crippen LogP contribution is 2.18. The second-order valence-corrected chi connectivity index (χ2v) is 4.38. The first-order chi connectivity index (χ1) is 7.93. The summed E-state index contributed by atoms with van der Waals surface area (Å²) in [6.45, 7) is 3.81. The second-order valence-electron chi connectivity index (χ2n) is 4.00. The van der Waals surface area contributed by atoms with E-state index in [9.17, 15) is 4.79 Å². The van der Waals surface area contributed by atoms with Crippen LogP contribution in [0.15, 0.2) is 12.1 Å². The van der Waals surface area contributed by atoms with Gasteiger partial charge in [0, 0.05) is 11.8 Å². The van der Waals surface area contributed by atoms with Gasteiger partial charge in [-0.3, -0.25) is 0 Å². The smallest absolute Gasteiger partial charge is 0.328 e. The van der Waals surface area contributed by atoms with Crippen LogP contribution in [0, 0.1) is 5.92 Å². The molecule has 1 rings (SSSR count). The van der Waals surface area contributed by atoms with Crippen molar-refractivity contribution in [1.29, 1.82) is 0 Å². The Balaban J connectivity index is 2.89. The number of halogens is 1. The molecule has 1 atom stereocenters. The van der Waals surface area contributed by atoms with Crippen molar-refractivity contribution in [3.05, 3.63) is 17.3 Å². The van der Waals surface area contributed by atoms with E-state index in [1.807, 2.05) is 13.8 Å². The third-order valence-electron chi connectivity index (χ3n) is 2.24. The summed E-state index contributed by atoms with van der Waals surface area (Å²) >= 11 is 5.78. The average molecular weight is 258 g/mol. The molecule has 0 aliphatic rings. The summed E-state index contributed by atoms with van der Waals surface area (Å²) in [5, 5.41) is 3.24. The Morgan fingerprint density at radius 1 is 1.53 bits per heavy atom. The van der Waals surface area contributed by atoms with Crippen LogP contribution in [0.2, 0.25) is 5.15 Å². The maximum Gasteiger partial charge on any atom is 0.328 e. The number of nitrogen functional groups attached to an aromatic ring is 1. The van der Waals surface area contributed by atoms with Gasteiger partial charge in [-0.25, -0.2) is 9.78 Å². The Hall–Kier alpha value is -1.49. The molecule has 1 unspecified atom stereocenters. The van der Waals surface area contributed by atoms with E-state index in [1.54, 1.807) is 6.07 Å². The molecular formula is C11H16ClN3O2. The normalized spacial score (nSPS) is 12.3. The lowest BCUT2D eigenvalue weighted by Gasteiger charge is -2.20. The third-order valence-corrected chi connectivity index (χ3v) is 2.44. The van der Waals surface area contributed by atoms with Crippen LogP contribution in [0.3, 0.4) is 0 Å². The van der Waals surface area contributed by atoms with Gasteiger partial charge in [-0.2, -0.15) is 0 Å². The Morgan fingerprint density at radius 3 is 2.65 bits per heavy atom. The lowest BCUT2D eigenvalue weighted by Crippen LogP contribution is -2.35. The SMILES string of the molecule is COC(=O)C(Nc1cc(N)cc(Cl)n1)C(C)C. The number of pyridine rings is 1. The van der Waals surface area contributed by atoms with Crippen LogP contribution in [0.1, 0.15) is 13.8 Å². The fourth-order valence-corrected chi connectivity index (χ4v) is 1.59. The number of nitrogens with two attached hydrogens (primary N) is 1. The van der Waals surface area contributed by atoms with Crippen LogP contribution in [0.25, 0.3) is 0 Å². The molecule has 1 aromatic heterocycles. The van der Waals surface area contributed by atoms with Gasteiger partial charge in [-0.05, 0) is 12.0 Å². The van der Waals surface area contributed by atoms with Crippen molar-refractivity contribution in [1.82, 2.24) is 4.98 Å². The first-order valence-electron chi connectivity index (χ1n) is 5.21. The van der Waals surface area contributed by atoms with Gasteiger partial charge in [-0.15, -0.1) is 0 Å². The molecule has 0 spiro atoms. The van der Waals surface area contributed by atoms with E-state index in [4.69, 9.17) is 22.1 Å². The van der Waals surface area contributed by atoms with Gasteiger partial charge < -0.3 is 15.8 Å². The van der Waals surface area contributed by atoms with Gasteiger partial charge in [0.2, 0.25) is 0 Å². The second kappa shape index (κ2) is 5.72. The highest BCUT2D eigenvalue weighted by molar-refractivity contribution is 6.29. The molecule has 0 saturated carbocycles. The fourth-order valence-electron chi connectivity index (χ4n) is 1.37. The van der Waals surface area contributed by atoms with Crippen molar-refractivity contribution in [3.63, 3.8) is 0 Å². The lowest BCUT2D eigenvalue weighted by molar-refractivity contribution is -0.142. The number of nitrogens with one attached hydrogen (secondary N) is 1. The van der Waals surface area contributed by atoms with Crippen LogP contribution < -0.4 is 11.1 Å². The first kappa shape index (κ1) is 13.6. The molecule has 0 amide bonds. The predicted molar refractivity (Wildman–Crippen MR) is 67.9 cm³/mol. The van der Waals surface area contributed by atoms with E-state index in [0.717, 1.165) is 0 Å². The fraction of sp³-hybridized carbons (Fsp3) is 0.455. The largest absolute Gasteiger partial charge is 0.467 e. The van der Waals surface area contributed by atoms with Crippen molar-refractivity contribution in [2.45, 2.75) is 19.9 Å². The number of ether oxygens (including phenoxy) is 1. The van der Waals surface area contributed by atoms with Gasteiger partial charge in [0.15, 0.2) is 0 Å². The van der Waals surface area contributed by atoms with Crippen LogP contribution in [0.4, 0.5) is 11.5 Å². The van der Waals surface area contributed by atoms with Crippen LogP contribution in [-0.2, 0) is 9.53 Å². The van der Waals surface area contributed by atoms with E-state index in [0.29, 0.717) is 11.5 Å². The monoisotopic (exact) mass is 257 g/mol. The Morgan fingerprint density at radius 2 is 2.18 bits per heavy atom. The summed E-state index contributed by atoms with van der Waals surface area (Å²) in [4.78, 5) is 15.6. The minimum Gasteiger partial charge on any atom is -0.467 e. The molecule has 1 aromatic rings. The number of esters is 1. The minimum atomic E-state index is -0.481. The van der Waals surface area contributed by atoms with Gasteiger partial charge in [0.1, 0.15) is 17.0 Å². The number of methoxy groups -OCH3 is 1. The first-order valence-corrected chi connectivity index (χ1v) is 5.59. The zero-order chi connectivity index (χ0) is 13.0.